The van der Waals surface area contributed by atoms with Crippen LogP contribution in [0, 0.1) is 0 Å². The van der Waals surface area contributed by atoms with Gasteiger partial charge in [0, 0.05) is 35.8 Å². The molecule has 0 saturated heterocycles. The fourth-order valence-corrected chi connectivity index (χ4v) is 3.56. The lowest BCUT2D eigenvalue weighted by molar-refractivity contribution is -0.118. The molecule has 0 aliphatic carbocycles. The van der Waals surface area contributed by atoms with Gasteiger partial charge in [-0.05, 0) is 42.2 Å². The highest BCUT2D eigenvalue weighted by Crippen LogP contribution is 2.30. The van der Waals surface area contributed by atoms with E-state index >= 15 is 0 Å². The zero-order valence-electron chi connectivity index (χ0n) is 16.6. The molecule has 0 radical (unpaired) electrons. The zero-order valence-corrected chi connectivity index (χ0v) is 16.6. The normalized spacial score (nSPS) is 12.7. The van der Waals surface area contributed by atoms with Crippen LogP contribution in [0.5, 0.6) is 0 Å². The van der Waals surface area contributed by atoms with Crippen LogP contribution in [0.2, 0.25) is 0 Å². The smallest absolute Gasteiger partial charge is 0.258 e. The number of hydrogen-bond acceptors (Lipinski definition) is 4. The number of nitrogens with one attached hydrogen (secondary N) is 1. The second-order valence-electron chi connectivity index (χ2n) is 7.07. The maximum atomic E-state index is 12.6. The molecule has 2 heterocycles. The summed E-state index contributed by atoms with van der Waals surface area (Å²) in [6, 6.07) is 15.2. The van der Waals surface area contributed by atoms with Gasteiger partial charge >= 0.3 is 0 Å². The number of nitrogens with zero attached hydrogens (tertiary/aromatic N) is 2. The first kappa shape index (κ1) is 18.9. The molecule has 0 unspecified atom stereocenters. The number of amides is 2. The summed E-state index contributed by atoms with van der Waals surface area (Å²) in [6.07, 6.45) is 2.20. The summed E-state index contributed by atoms with van der Waals surface area (Å²) in [6.45, 7) is 4.62. The molecular weight excluding hydrogens is 366 g/mol. The average Bonchev–Trinajstić information content (AvgIpc) is 3.39. The van der Waals surface area contributed by atoms with Crippen molar-refractivity contribution in [2.24, 2.45) is 0 Å². The van der Waals surface area contributed by atoms with Gasteiger partial charge in [0.25, 0.3) is 5.91 Å². The number of rotatable bonds is 5. The third kappa shape index (κ3) is 3.78. The van der Waals surface area contributed by atoms with Gasteiger partial charge < -0.3 is 9.42 Å². The minimum atomic E-state index is -0.267. The third-order valence-electron chi connectivity index (χ3n) is 5.25. The Labute approximate surface area is 169 Å². The second-order valence-corrected chi connectivity index (χ2v) is 7.07. The Kier molecular flexibility index (Phi) is 5.16. The molecular formula is C23H23N3O3. The molecule has 29 heavy (non-hydrogen) atoms. The minimum Gasteiger partial charge on any atom is -0.338 e. The van der Waals surface area contributed by atoms with Gasteiger partial charge in [-0.1, -0.05) is 43.3 Å². The second kappa shape index (κ2) is 7.91. The standard InChI is InChI=1S/C23H23N3O3/c1-3-15-5-7-16(8-6-15)19-14-21(29-25-19)24-23(28)18-9-10-20-17(13-18)11-12-26(20)22(27)4-2/h5-10,13-14H,3-4,11-12H2,1-2H3,(H,24,28). The van der Waals surface area contributed by atoms with Crippen LogP contribution < -0.4 is 10.2 Å². The van der Waals surface area contributed by atoms with Crippen LogP contribution in [-0.4, -0.2) is 23.5 Å². The maximum absolute atomic E-state index is 12.6. The number of carbonyl (C=O) groups is 2. The number of hydrogen-bond donors (Lipinski definition) is 1. The van der Waals surface area contributed by atoms with Gasteiger partial charge in [0.05, 0.1) is 0 Å². The summed E-state index contributed by atoms with van der Waals surface area (Å²) < 4.78 is 5.29. The lowest BCUT2D eigenvalue weighted by atomic mass is 10.1. The van der Waals surface area contributed by atoms with Crippen molar-refractivity contribution in [3.63, 3.8) is 0 Å². The summed E-state index contributed by atoms with van der Waals surface area (Å²) in [7, 11) is 0. The molecule has 2 amide bonds. The van der Waals surface area contributed by atoms with Crippen LogP contribution in [-0.2, 0) is 17.6 Å². The molecule has 0 bridgehead atoms. The fourth-order valence-electron chi connectivity index (χ4n) is 3.56. The van der Waals surface area contributed by atoms with Crippen LogP contribution >= 0.6 is 0 Å². The van der Waals surface area contributed by atoms with E-state index in [1.807, 2.05) is 31.2 Å². The molecule has 0 fully saturated rings. The van der Waals surface area contributed by atoms with Crippen molar-refractivity contribution in [2.75, 3.05) is 16.8 Å². The summed E-state index contributed by atoms with van der Waals surface area (Å²) in [5.41, 5.74) is 5.29. The molecule has 1 aliphatic heterocycles. The number of benzene rings is 2. The average molecular weight is 389 g/mol. The fraction of sp³-hybridized carbons (Fsp3) is 0.261. The number of carbonyl (C=O) groups excluding carboxylic acids is 2. The van der Waals surface area contributed by atoms with Gasteiger partial charge in [0.15, 0.2) is 0 Å². The van der Waals surface area contributed by atoms with Crippen molar-refractivity contribution in [3.05, 3.63) is 65.2 Å². The molecule has 3 aromatic rings. The first-order valence-corrected chi connectivity index (χ1v) is 9.89. The Bertz CT molecular complexity index is 1050. The van der Waals surface area contributed by atoms with E-state index in [0.29, 0.717) is 30.1 Å². The Morgan fingerprint density at radius 1 is 1.10 bits per heavy atom. The molecule has 1 aliphatic rings. The van der Waals surface area contributed by atoms with Gasteiger partial charge in [0.1, 0.15) is 5.69 Å². The Morgan fingerprint density at radius 2 is 1.90 bits per heavy atom. The molecule has 0 atom stereocenters. The van der Waals surface area contributed by atoms with Crippen molar-refractivity contribution >= 4 is 23.4 Å². The minimum absolute atomic E-state index is 0.0992. The topological polar surface area (TPSA) is 75.4 Å². The van der Waals surface area contributed by atoms with Crippen LogP contribution in [0.25, 0.3) is 11.3 Å². The van der Waals surface area contributed by atoms with Gasteiger partial charge in [-0.2, -0.15) is 0 Å². The van der Waals surface area contributed by atoms with Crippen LogP contribution in [0.15, 0.2) is 53.1 Å². The van der Waals surface area contributed by atoms with Crippen molar-refractivity contribution in [2.45, 2.75) is 33.1 Å². The van der Waals surface area contributed by atoms with Gasteiger partial charge in [-0.25, -0.2) is 0 Å². The molecule has 1 N–H and O–H groups in total. The third-order valence-corrected chi connectivity index (χ3v) is 5.25. The van der Waals surface area contributed by atoms with Crippen molar-refractivity contribution in [1.82, 2.24) is 5.16 Å². The zero-order chi connectivity index (χ0) is 20.4. The van der Waals surface area contributed by atoms with E-state index in [2.05, 4.69) is 29.5 Å². The van der Waals surface area contributed by atoms with E-state index in [1.54, 1.807) is 17.0 Å². The molecule has 0 spiro atoms. The molecule has 6 nitrogen and oxygen atoms in total. The van der Waals surface area contributed by atoms with E-state index in [9.17, 15) is 9.59 Å². The van der Waals surface area contributed by atoms with Gasteiger partial charge in [-0.3, -0.25) is 14.9 Å². The van der Waals surface area contributed by atoms with Gasteiger partial charge in [0.2, 0.25) is 11.8 Å². The summed E-state index contributed by atoms with van der Waals surface area (Å²) in [5.74, 6) is 0.132. The lowest BCUT2D eigenvalue weighted by Gasteiger charge is -2.16. The number of aromatic nitrogens is 1. The number of aryl methyl sites for hydroxylation is 1. The van der Waals surface area contributed by atoms with Crippen LogP contribution in [0.3, 0.4) is 0 Å². The van der Waals surface area contributed by atoms with Crippen molar-refractivity contribution in [3.8, 4) is 11.3 Å². The van der Waals surface area contributed by atoms with Crippen molar-refractivity contribution in [1.29, 1.82) is 0 Å². The predicted molar refractivity (Wildman–Crippen MR) is 112 cm³/mol. The number of anilines is 2. The molecule has 6 heteroatoms. The number of fused-ring (bicyclic) bond motifs is 1. The quantitative estimate of drug-likeness (QED) is 0.699. The maximum Gasteiger partial charge on any atom is 0.258 e. The molecule has 2 aromatic carbocycles. The van der Waals surface area contributed by atoms with E-state index in [4.69, 9.17) is 4.52 Å². The Balaban J connectivity index is 1.47. The lowest BCUT2D eigenvalue weighted by Crippen LogP contribution is -2.27. The summed E-state index contributed by atoms with van der Waals surface area (Å²) in [4.78, 5) is 26.4. The summed E-state index contributed by atoms with van der Waals surface area (Å²) in [5, 5.41) is 6.81. The largest absolute Gasteiger partial charge is 0.338 e. The van der Waals surface area contributed by atoms with Crippen LogP contribution in [0.1, 0.15) is 41.8 Å². The van der Waals surface area contributed by atoms with E-state index < -0.39 is 0 Å². The highest BCUT2D eigenvalue weighted by molar-refractivity contribution is 6.05. The highest BCUT2D eigenvalue weighted by atomic mass is 16.5. The van der Waals surface area contributed by atoms with E-state index in [0.717, 1.165) is 29.7 Å². The van der Waals surface area contributed by atoms with E-state index in [1.165, 1.54) is 5.56 Å². The van der Waals surface area contributed by atoms with E-state index in [-0.39, 0.29) is 11.8 Å². The molecule has 1 aromatic heterocycles. The molecule has 148 valence electrons. The Hall–Kier alpha value is -3.41. The predicted octanol–water partition coefficient (Wildman–Crippen LogP) is 4.46. The Morgan fingerprint density at radius 3 is 2.62 bits per heavy atom. The highest BCUT2D eigenvalue weighted by Gasteiger charge is 2.24. The SMILES string of the molecule is CCC(=O)N1CCc2cc(C(=O)Nc3cc(-c4ccc(CC)cc4)no3)ccc21. The molecule has 0 saturated carbocycles. The molecule has 4 rings (SSSR count). The monoisotopic (exact) mass is 389 g/mol. The first-order chi connectivity index (χ1) is 14.1. The summed E-state index contributed by atoms with van der Waals surface area (Å²) >= 11 is 0. The van der Waals surface area contributed by atoms with Crippen molar-refractivity contribution < 1.29 is 14.1 Å². The first-order valence-electron chi connectivity index (χ1n) is 9.89. The van der Waals surface area contributed by atoms with Crippen LogP contribution in [0.4, 0.5) is 11.6 Å². The van der Waals surface area contributed by atoms with Gasteiger partial charge in [-0.15, -0.1) is 0 Å².